The van der Waals surface area contributed by atoms with E-state index in [1.807, 2.05) is 0 Å². The zero-order chi connectivity index (χ0) is 16.2. The molecule has 4 rings (SSSR count). The summed E-state index contributed by atoms with van der Waals surface area (Å²) in [5, 5.41) is 11.5. The molecule has 4 nitrogen and oxygen atoms in total. The third-order valence-corrected chi connectivity index (χ3v) is 7.14. The molecule has 0 aliphatic heterocycles. The Labute approximate surface area is 137 Å². The molecule has 0 N–H and O–H groups in total. The molecule has 0 heterocycles. The summed E-state index contributed by atoms with van der Waals surface area (Å²) in [5.41, 5.74) is 2.82. The number of benzene rings is 1. The van der Waals surface area contributed by atoms with Gasteiger partial charge in [-0.25, -0.2) is 0 Å². The highest BCUT2D eigenvalue weighted by Crippen LogP contribution is 2.61. The van der Waals surface area contributed by atoms with Gasteiger partial charge in [0, 0.05) is 16.8 Å². The Balaban J connectivity index is 1.66. The van der Waals surface area contributed by atoms with Gasteiger partial charge in [0.25, 0.3) is 0 Å². The van der Waals surface area contributed by atoms with E-state index in [2.05, 4.69) is 25.1 Å². The van der Waals surface area contributed by atoms with Crippen LogP contribution < -0.4 is 4.74 Å². The molecule has 124 valence electrons. The number of aryl methyl sites for hydroxylation is 1. The van der Waals surface area contributed by atoms with Crippen LogP contribution in [0, 0.1) is 27.4 Å². The second-order valence-electron chi connectivity index (χ2n) is 7.90. The first kappa shape index (κ1) is 15.0. The number of ether oxygens (including phenoxy) is 1. The molecule has 0 bridgehead atoms. The SMILES string of the molecule is COc1ccc2c(c1)CC[C@@H]1[C@@H]2CC[C@]2(C)[C@@H]([N+](=O)[O-])CC[C@@H]12. The van der Waals surface area contributed by atoms with Crippen LogP contribution in [0.25, 0.3) is 0 Å². The molecule has 0 radical (unpaired) electrons. The number of fused-ring (bicyclic) bond motifs is 5. The number of hydrogen-bond donors (Lipinski definition) is 0. The lowest BCUT2D eigenvalue weighted by atomic mass is 9.55. The Bertz CT molecular complexity index is 644. The Morgan fingerprint density at radius 3 is 2.83 bits per heavy atom. The molecule has 5 atom stereocenters. The third kappa shape index (κ3) is 2.10. The van der Waals surface area contributed by atoms with E-state index in [9.17, 15) is 10.1 Å². The lowest BCUT2D eigenvalue weighted by Crippen LogP contribution is -2.46. The Morgan fingerprint density at radius 1 is 1.26 bits per heavy atom. The molecule has 0 spiro atoms. The number of hydrogen-bond acceptors (Lipinski definition) is 3. The van der Waals surface area contributed by atoms with Crippen LogP contribution in [-0.2, 0) is 6.42 Å². The summed E-state index contributed by atoms with van der Waals surface area (Å²) in [4.78, 5) is 11.5. The molecule has 1 aromatic carbocycles. The molecule has 4 heteroatoms. The van der Waals surface area contributed by atoms with Gasteiger partial charge < -0.3 is 4.74 Å². The van der Waals surface area contributed by atoms with Crippen molar-refractivity contribution in [2.24, 2.45) is 17.3 Å². The van der Waals surface area contributed by atoms with Gasteiger partial charge >= 0.3 is 0 Å². The molecular formula is C19H25NO3. The van der Waals surface area contributed by atoms with E-state index in [1.165, 1.54) is 17.5 Å². The summed E-state index contributed by atoms with van der Waals surface area (Å²) in [7, 11) is 1.72. The minimum absolute atomic E-state index is 0.00195. The van der Waals surface area contributed by atoms with Gasteiger partial charge in [0.05, 0.1) is 7.11 Å². The largest absolute Gasteiger partial charge is 0.497 e. The topological polar surface area (TPSA) is 52.4 Å². The standard InChI is InChI=1S/C19H25NO3/c1-19-10-9-15-14-6-4-13(23-2)11-12(14)3-5-16(15)17(19)7-8-18(19)20(21)22/h4,6,11,15-18H,3,5,7-10H2,1-2H3/t15-,16-,17+,18+,19+/m1/s1. The van der Waals surface area contributed by atoms with Crippen LogP contribution in [0.4, 0.5) is 0 Å². The fourth-order valence-electron chi connectivity index (χ4n) is 6.00. The van der Waals surface area contributed by atoms with Crippen LogP contribution in [0.2, 0.25) is 0 Å². The van der Waals surface area contributed by atoms with E-state index in [4.69, 9.17) is 4.74 Å². The van der Waals surface area contributed by atoms with Gasteiger partial charge in [-0.1, -0.05) is 13.0 Å². The Kier molecular flexibility index (Phi) is 3.40. The van der Waals surface area contributed by atoms with Gasteiger partial charge in [-0.05, 0) is 73.1 Å². The first-order valence-corrected chi connectivity index (χ1v) is 8.85. The highest BCUT2D eigenvalue weighted by Gasteiger charge is 2.59. The molecule has 0 unspecified atom stereocenters. The van der Waals surface area contributed by atoms with Crippen molar-refractivity contribution in [3.05, 3.63) is 39.4 Å². The predicted molar refractivity (Wildman–Crippen MR) is 88.4 cm³/mol. The molecule has 23 heavy (non-hydrogen) atoms. The zero-order valence-corrected chi connectivity index (χ0v) is 14.0. The first-order valence-electron chi connectivity index (χ1n) is 8.85. The Hall–Kier alpha value is -1.58. The van der Waals surface area contributed by atoms with Crippen molar-refractivity contribution in [3.63, 3.8) is 0 Å². The maximum absolute atomic E-state index is 11.5. The van der Waals surface area contributed by atoms with Gasteiger partial charge in [0.2, 0.25) is 6.04 Å². The highest BCUT2D eigenvalue weighted by atomic mass is 16.6. The van der Waals surface area contributed by atoms with Crippen LogP contribution in [-0.4, -0.2) is 18.1 Å². The van der Waals surface area contributed by atoms with E-state index in [0.717, 1.165) is 37.9 Å². The lowest BCUT2D eigenvalue weighted by molar-refractivity contribution is -0.540. The maximum Gasteiger partial charge on any atom is 0.218 e. The normalized spacial score (nSPS) is 38.3. The fourth-order valence-corrected chi connectivity index (χ4v) is 6.00. The molecule has 1 aromatic rings. The van der Waals surface area contributed by atoms with Crippen LogP contribution in [0.3, 0.4) is 0 Å². The van der Waals surface area contributed by atoms with Crippen LogP contribution in [0.1, 0.15) is 56.1 Å². The summed E-state index contributed by atoms with van der Waals surface area (Å²) in [5.74, 6) is 2.68. The van der Waals surface area contributed by atoms with Gasteiger partial charge in [0.1, 0.15) is 5.75 Å². The van der Waals surface area contributed by atoms with Crippen molar-refractivity contribution < 1.29 is 9.66 Å². The van der Waals surface area contributed by atoms with Gasteiger partial charge in [-0.15, -0.1) is 0 Å². The second-order valence-corrected chi connectivity index (χ2v) is 7.90. The summed E-state index contributed by atoms with van der Waals surface area (Å²) >= 11 is 0. The van der Waals surface area contributed by atoms with Crippen molar-refractivity contribution in [1.82, 2.24) is 0 Å². The Morgan fingerprint density at radius 2 is 2.09 bits per heavy atom. The molecule has 0 amide bonds. The van der Waals surface area contributed by atoms with Crippen molar-refractivity contribution in [1.29, 1.82) is 0 Å². The predicted octanol–water partition coefficient (Wildman–Crippen LogP) is 4.20. The second kappa shape index (κ2) is 5.22. The van der Waals surface area contributed by atoms with E-state index in [0.29, 0.717) is 17.8 Å². The van der Waals surface area contributed by atoms with Crippen LogP contribution in [0.15, 0.2) is 18.2 Å². The minimum Gasteiger partial charge on any atom is -0.497 e. The number of methoxy groups -OCH3 is 1. The van der Waals surface area contributed by atoms with Gasteiger partial charge in [-0.3, -0.25) is 10.1 Å². The van der Waals surface area contributed by atoms with E-state index in [-0.39, 0.29) is 16.4 Å². The molecule has 0 aromatic heterocycles. The fraction of sp³-hybridized carbons (Fsp3) is 0.684. The van der Waals surface area contributed by atoms with E-state index < -0.39 is 0 Å². The van der Waals surface area contributed by atoms with Gasteiger partial charge in [0.15, 0.2) is 0 Å². The van der Waals surface area contributed by atoms with Crippen molar-refractivity contribution in [2.75, 3.05) is 7.11 Å². The molecule has 3 aliphatic rings. The number of nitro groups is 1. The summed E-state index contributed by atoms with van der Waals surface area (Å²) in [6.45, 7) is 2.19. The first-order chi connectivity index (χ1) is 11.0. The lowest BCUT2D eigenvalue weighted by Gasteiger charge is -2.48. The van der Waals surface area contributed by atoms with Crippen LogP contribution >= 0.6 is 0 Å². The summed E-state index contributed by atoms with van der Waals surface area (Å²) in [6, 6.07) is 6.18. The quantitative estimate of drug-likeness (QED) is 0.607. The molecular weight excluding hydrogens is 290 g/mol. The molecule has 2 saturated carbocycles. The number of nitrogens with zero attached hydrogens (tertiary/aromatic N) is 1. The minimum atomic E-state index is -0.328. The van der Waals surface area contributed by atoms with Crippen molar-refractivity contribution in [2.45, 2.75) is 57.4 Å². The summed E-state index contributed by atoms with van der Waals surface area (Å²) in [6.07, 6.45) is 6.16. The number of rotatable bonds is 2. The van der Waals surface area contributed by atoms with Crippen molar-refractivity contribution in [3.8, 4) is 5.75 Å². The monoisotopic (exact) mass is 315 g/mol. The molecule has 0 saturated heterocycles. The van der Waals surface area contributed by atoms with E-state index in [1.54, 1.807) is 7.11 Å². The third-order valence-electron chi connectivity index (χ3n) is 7.14. The average molecular weight is 315 g/mol. The zero-order valence-electron chi connectivity index (χ0n) is 14.0. The van der Waals surface area contributed by atoms with Crippen molar-refractivity contribution >= 4 is 0 Å². The smallest absolute Gasteiger partial charge is 0.218 e. The van der Waals surface area contributed by atoms with E-state index >= 15 is 0 Å². The molecule has 3 aliphatic carbocycles. The van der Waals surface area contributed by atoms with Gasteiger partial charge in [-0.2, -0.15) is 0 Å². The average Bonchev–Trinajstić information content (AvgIpc) is 2.91. The highest BCUT2D eigenvalue weighted by molar-refractivity contribution is 5.40. The summed E-state index contributed by atoms with van der Waals surface area (Å²) < 4.78 is 5.37. The van der Waals surface area contributed by atoms with Crippen LogP contribution in [0.5, 0.6) is 5.75 Å². The molecule has 2 fully saturated rings. The maximum atomic E-state index is 11.5.